The Morgan fingerprint density at radius 1 is 1.17 bits per heavy atom. The number of rotatable bonds is 6. The van der Waals surface area contributed by atoms with Crippen LogP contribution in [0.2, 0.25) is 0 Å². The van der Waals surface area contributed by atoms with E-state index in [4.69, 9.17) is 0 Å². The predicted molar refractivity (Wildman–Crippen MR) is 94.2 cm³/mol. The number of aryl methyl sites for hydroxylation is 1. The molecule has 0 aliphatic rings. The van der Waals surface area contributed by atoms with Crippen molar-refractivity contribution in [3.05, 3.63) is 59.2 Å². The molecule has 2 aromatic rings. The van der Waals surface area contributed by atoms with Gasteiger partial charge in [-0.05, 0) is 62.0 Å². The van der Waals surface area contributed by atoms with Gasteiger partial charge in [-0.25, -0.2) is 8.78 Å². The van der Waals surface area contributed by atoms with Crippen LogP contribution >= 0.6 is 11.9 Å². The van der Waals surface area contributed by atoms with Crippen molar-refractivity contribution in [1.29, 1.82) is 0 Å². The van der Waals surface area contributed by atoms with Crippen LogP contribution in [0.1, 0.15) is 36.2 Å². The van der Waals surface area contributed by atoms with Crippen LogP contribution in [0, 0.1) is 18.6 Å². The summed E-state index contributed by atoms with van der Waals surface area (Å²) in [7, 11) is 0. The van der Waals surface area contributed by atoms with Crippen molar-refractivity contribution < 1.29 is 13.6 Å². The minimum atomic E-state index is -0.994. The summed E-state index contributed by atoms with van der Waals surface area (Å²) in [6.45, 7) is 6.00. The maximum Gasteiger partial charge on any atom is 0.255 e. The molecule has 1 amide bonds. The highest BCUT2D eigenvalue weighted by Gasteiger charge is 2.12. The summed E-state index contributed by atoms with van der Waals surface area (Å²) in [6, 6.07) is 9.21. The third-order valence-electron chi connectivity index (χ3n) is 3.62. The number of carbonyl (C=O) groups is 1. The molecule has 0 aliphatic heterocycles. The van der Waals surface area contributed by atoms with Gasteiger partial charge < -0.3 is 5.32 Å². The van der Waals surface area contributed by atoms with E-state index >= 15 is 0 Å². The largest absolute Gasteiger partial charge is 0.322 e. The summed E-state index contributed by atoms with van der Waals surface area (Å²) in [4.78, 5) is 13.3. The zero-order chi connectivity index (χ0) is 17.7. The Kier molecular flexibility index (Phi) is 6.34. The third kappa shape index (κ3) is 4.79. The molecule has 0 heterocycles. The first-order valence-electron chi connectivity index (χ1n) is 7.70. The minimum absolute atomic E-state index is 0.217. The van der Waals surface area contributed by atoms with Crippen LogP contribution < -0.4 is 10.0 Å². The zero-order valence-corrected chi connectivity index (χ0v) is 14.6. The summed E-state index contributed by atoms with van der Waals surface area (Å²) in [5.41, 5.74) is 1.52. The van der Waals surface area contributed by atoms with Crippen molar-refractivity contribution in [2.24, 2.45) is 0 Å². The number of benzene rings is 2. The van der Waals surface area contributed by atoms with Crippen LogP contribution in [0.3, 0.4) is 0 Å². The van der Waals surface area contributed by atoms with Crippen molar-refractivity contribution in [3.63, 3.8) is 0 Å². The lowest BCUT2D eigenvalue weighted by Crippen LogP contribution is -2.17. The lowest BCUT2D eigenvalue weighted by atomic mass is 10.1. The van der Waals surface area contributed by atoms with Gasteiger partial charge in [-0.2, -0.15) is 0 Å². The van der Waals surface area contributed by atoms with Gasteiger partial charge in [-0.1, -0.05) is 13.0 Å². The Hall–Kier alpha value is -1.92. The molecule has 2 rings (SSSR count). The molecule has 0 radical (unpaired) electrons. The molecule has 24 heavy (non-hydrogen) atoms. The fourth-order valence-corrected chi connectivity index (χ4v) is 2.75. The van der Waals surface area contributed by atoms with E-state index in [0.717, 1.165) is 29.0 Å². The average Bonchev–Trinajstić information content (AvgIpc) is 2.57. The van der Waals surface area contributed by atoms with Crippen LogP contribution in [0.25, 0.3) is 0 Å². The molecule has 2 aromatic carbocycles. The summed E-state index contributed by atoms with van der Waals surface area (Å²) < 4.78 is 29.5. The molecule has 1 atom stereocenters. The van der Waals surface area contributed by atoms with Gasteiger partial charge in [0, 0.05) is 28.3 Å². The summed E-state index contributed by atoms with van der Waals surface area (Å²) in [6.07, 6.45) is 1.00. The maximum absolute atomic E-state index is 13.2. The normalized spacial score (nSPS) is 12.0. The molecule has 0 aromatic heterocycles. The maximum atomic E-state index is 13.2. The quantitative estimate of drug-likeness (QED) is 0.727. The van der Waals surface area contributed by atoms with Crippen LogP contribution in [0.4, 0.5) is 14.5 Å². The van der Waals surface area contributed by atoms with Crippen LogP contribution in [0.15, 0.2) is 41.3 Å². The van der Waals surface area contributed by atoms with Crippen molar-refractivity contribution >= 4 is 23.5 Å². The van der Waals surface area contributed by atoms with Gasteiger partial charge in [-0.15, -0.1) is 0 Å². The van der Waals surface area contributed by atoms with Crippen LogP contribution in [-0.4, -0.2) is 11.9 Å². The number of hydrogen-bond donors (Lipinski definition) is 2. The first-order chi connectivity index (χ1) is 11.4. The van der Waals surface area contributed by atoms with Gasteiger partial charge in [0.15, 0.2) is 11.6 Å². The lowest BCUT2D eigenvalue weighted by molar-refractivity contribution is 0.102. The molecular weight excluding hydrogens is 330 g/mol. The molecule has 0 saturated carbocycles. The molecule has 0 bridgehead atoms. The number of amides is 1. The minimum Gasteiger partial charge on any atom is -0.322 e. The van der Waals surface area contributed by atoms with E-state index in [1.54, 1.807) is 6.07 Å². The van der Waals surface area contributed by atoms with Gasteiger partial charge in [0.25, 0.3) is 5.91 Å². The molecular formula is C18H20F2N2OS. The van der Waals surface area contributed by atoms with Crippen molar-refractivity contribution in [2.75, 3.05) is 5.32 Å². The van der Waals surface area contributed by atoms with E-state index in [1.807, 2.05) is 19.1 Å². The average molecular weight is 350 g/mol. The number of carbonyl (C=O) groups excluding carboxylic acids is 1. The lowest BCUT2D eigenvalue weighted by Gasteiger charge is -2.12. The molecule has 1 unspecified atom stereocenters. The van der Waals surface area contributed by atoms with Crippen molar-refractivity contribution in [1.82, 2.24) is 4.72 Å². The number of nitrogens with one attached hydrogen (secondary N) is 2. The SMILES string of the molecule is CCC(C)NSc1ccc(C)c(C(=O)Nc2ccc(F)c(F)c2)c1. The van der Waals surface area contributed by atoms with Crippen molar-refractivity contribution in [2.45, 2.75) is 38.1 Å². The number of hydrogen-bond acceptors (Lipinski definition) is 3. The highest BCUT2D eigenvalue weighted by atomic mass is 32.2. The Labute approximate surface area is 145 Å². The fourth-order valence-electron chi connectivity index (χ4n) is 1.93. The Bertz CT molecular complexity index is 737. The first kappa shape index (κ1) is 18.4. The summed E-state index contributed by atoms with van der Waals surface area (Å²) >= 11 is 1.46. The Balaban J connectivity index is 2.14. The number of anilines is 1. The van der Waals surface area contributed by atoms with Gasteiger partial charge in [0.05, 0.1) is 0 Å². The summed E-state index contributed by atoms with van der Waals surface area (Å²) in [5, 5.41) is 2.60. The molecule has 0 fully saturated rings. The molecule has 2 N–H and O–H groups in total. The van der Waals surface area contributed by atoms with Gasteiger partial charge in [0.1, 0.15) is 0 Å². The zero-order valence-electron chi connectivity index (χ0n) is 13.8. The van der Waals surface area contributed by atoms with E-state index in [-0.39, 0.29) is 11.6 Å². The Morgan fingerprint density at radius 3 is 2.58 bits per heavy atom. The second kappa shape index (κ2) is 8.26. The van der Waals surface area contributed by atoms with E-state index in [2.05, 4.69) is 23.9 Å². The Morgan fingerprint density at radius 2 is 1.92 bits per heavy atom. The highest BCUT2D eigenvalue weighted by molar-refractivity contribution is 7.97. The molecule has 6 heteroatoms. The van der Waals surface area contributed by atoms with E-state index in [0.29, 0.717) is 11.6 Å². The smallest absolute Gasteiger partial charge is 0.255 e. The van der Waals surface area contributed by atoms with Crippen molar-refractivity contribution in [3.8, 4) is 0 Å². The molecule has 0 aliphatic carbocycles. The monoisotopic (exact) mass is 350 g/mol. The number of halogens is 2. The molecule has 0 spiro atoms. The van der Waals surface area contributed by atoms with Gasteiger partial charge >= 0.3 is 0 Å². The predicted octanol–water partition coefficient (Wildman–Crippen LogP) is 4.92. The first-order valence-corrected chi connectivity index (χ1v) is 8.51. The van der Waals surface area contributed by atoms with E-state index < -0.39 is 11.6 Å². The standard InChI is InChI=1S/C18H20F2N2OS/c1-4-12(3)22-24-14-7-5-11(2)15(10-14)18(23)21-13-6-8-16(19)17(20)9-13/h5-10,12,22H,4H2,1-3H3,(H,21,23). The molecule has 3 nitrogen and oxygen atoms in total. The van der Waals surface area contributed by atoms with Gasteiger partial charge in [-0.3, -0.25) is 9.52 Å². The summed E-state index contributed by atoms with van der Waals surface area (Å²) in [5.74, 6) is -2.30. The third-order valence-corrected chi connectivity index (χ3v) is 4.63. The van der Waals surface area contributed by atoms with E-state index in [1.165, 1.54) is 18.0 Å². The van der Waals surface area contributed by atoms with E-state index in [9.17, 15) is 13.6 Å². The van der Waals surface area contributed by atoms with Crippen LogP contribution in [0.5, 0.6) is 0 Å². The fraction of sp³-hybridized carbons (Fsp3) is 0.278. The molecule has 128 valence electrons. The van der Waals surface area contributed by atoms with Crippen LogP contribution in [-0.2, 0) is 0 Å². The van der Waals surface area contributed by atoms with Gasteiger partial charge in [0.2, 0.25) is 0 Å². The highest BCUT2D eigenvalue weighted by Crippen LogP contribution is 2.21. The second-order valence-corrected chi connectivity index (χ2v) is 6.50. The second-order valence-electron chi connectivity index (χ2n) is 5.59. The molecule has 0 saturated heterocycles. The topological polar surface area (TPSA) is 41.1 Å².